The molecule has 7 heteroatoms. The fourth-order valence-electron chi connectivity index (χ4n) is 1.65. The second-order valence-corrected chi connectivity index (χ2v) is 5.99. The van der Waals surface area contributed by atoms with Crippen LogP contribution in [0.5, 0.6) is 0 Å². The highest BCUT2D eigenvalue weighted by Crippen LogP contribution is 2.24. The molecule has 21 heavy (non-hydrogen) atoms. The summed E-state index contributed by atoms with van der Waals surface area (Å²) in [5.74, 6) is -0.359. The van der Waals surface area contributed by atoms with E-state index in [-0.39, 0.29) is 19.0 Å². The zero-order valence-electron chi connectivity index (χ0n) is 11.4. The lowest BCUT2D eigenvalue weighted by Gasteiger charge is -2.08. The SMILES string of the molecule is Cc1csc(NCCOC(=O)Cc2c(Cl)cccc2Cl)n1. The summed E-state index contributed by atoms with van der Waals surface area (Å²) in [6, 6.07) is 5.13. The number of halogens is 2. The van der Waals surface area contributed by atoms with Gasteiger partial charge in [-0.25, -0.2) is 4.98 Å². The van der Waals surface area contributed by atoms with Gasteiger partial charge in [-0.2, -0.15) is 0 Å². The van der Waals surface area contributed by atoms with E-state index in [4.69, 9.17) is 27.9 Å². The first kappa shape index (κ1) is 16.1. The molecule has 2 aromatic rings. The molecule has 0 unspecified atom stereocenters. The minimum Gasteiger partial charge on any atom is -0.464 e. The molecule has 1 aromatic carbocycles. The van der Waals surface area contributed by atoms with E-state index >= 15 is 0 Å². The van der Waals surface area contributed by atoms with Gasteiger partial charge in [-0.15, -0.1) is 11.3 Å². The molecule has 1 aromatic heterocycles. The molecular weight excluding hydrogens is 331 g/mol. The molecule has 0 aliphatic heterocycles. The molecule has 0 aliphatic rings. The molecule has 0 fully saturated rings. The van der Waals surface area contributed by atoms with Gasteiger partial charge in [0.1, 0.15) is 6.61 Å². The van der Waals surface area contributed by atoms with Crippen molar-refractivity contribution in [3.8, 4) is 0 Å². The van der Waals surface area contributed by atoms with Gasteiger partial charge in [0.25, 0.3) is 0 Å². The van der Waals surface area contributed by atoms with E-state index in [2.05, 4.69) is 10.3 Å². The third-order valence-electron chi connectivity index (χ3n) is 2.64. The number of anilines is 1. The maximum absolute atomic E-state index is 11.8. The van der Waals surface area contributed by atoms with Crippen LogP contribution in [-0.4, -0.2) is 24.1 Å². The molecule has 0 amide bonds. The van der Waals surface area contributed by atoms with Gasteiger partial charge in [0.15, 0.2) is 5.13 Å². The number of esters is 1. The van der Waals surface area contributed by atoms with Crippen molar-refractivity contribution in [2.75, 3.05) is 18.5 Å². The molecule has 0 radical (unpaired) electrons. The molecular formula is C14H14Cl2N2O2S. The lowest BCUT2D eigenvalue weighted by Crippen LogP contribution is -2.15. The maximum Gasteiger partial charge on any atom is 0.310 e. The van der Waals surface area contributed by atoms with Crippen molar-refractivity contribution < 1.29 is 9.53 Å². The highest BCUT2D eigenvalue weighted by Gasteiger charge is 2.11. The summed E-state index contributed by atoms with van der Waals surface area (Å²) < 4.78 is 5.14. The van der Waals surface area contributed by atoms with Gasteiger partial charge in [-0.05, 0) is 19.1 Å². The molecule has 0 spiro atoms. The number of ether oxygens (including phenoxy) is 1. The maximum atomic E-state index is 11.8. The van der Waals surface area contributed by atoms with Crippen LogP contribution < -0.4 is 5.32 Å². The Morgan fingerprint density at radius 1 is 1.38 bits per heavy atom. The van der Waals surface area contributed by atoms with Crippen LogP contribution in [0, 0.1) is 6.92 Å². The predicted octanol–water partition coefficient (Wildman–Crippen LogP) is 3.96. The first-order chi connectivity index (χ1) is 10.1. The largest absolute Gasteiger partial charge is 0.464 e. The number of hydrogen-bond donors (Lipinski definition) is 1. The molecule has 0 saturated carbocycles. The number of aromatic nitrogens is 1. The van der Waals surface area contributed by atoms with Crippen molar-refractivity contribution >= 4 is 45.6 Å². The van der Waals surface area contributed by atoms with E-state index in [0.29, 0.717) is 22.2 Å². The summed E-state index contributed by atoms with van der Waals surface area (Å²) in [5.41, 5.74) is 1.56. The summed E-state index contributed by atoms with van der Waals surface area (Å²) in [5, 5.41) is 6.79. The number of thiazole rings is 1. The van der Waals surface area contributed by atoms with Gasteiger partial charge in [0, 0.05) is 21.0 Å². The van der Waals surface area contributed by atoms with Crippen LogP contribution >= 0.6 is 34.5 Å². The molecule has 1 N–H and O–H groups in total. The molecule has 112 valence electrons. The molecule has 0 bridgehead atoms. The van der Waals surface area contributed by atoms with Crippen molar-refractivity contribution in [2.45, 2.75) is 13.3 Å². The molecule has 0 saturated heterocycles. The summed E-state index contributed by atoms with van der Waals surface area (Å²) in [6.07, 6.45) is 0.0644. The quantitative estimate of drug-likeness (QED) is 0.636. The average molecular weight is 345 g/mol. The van der Waals surface area contributed by atoms with E-state index in [1.165, 1.54) is 11.3 Å². The first-order valence-corrected chi connectivity index (χ1v) is 7.94. The lowest BCUT2D eigenvalue weighted by atomic mass is 10.1. The number of rotatable bonds is 6. The topological polar surface area (TPSA) is 51.2 Å². The Kier molecular flexibility index (Phi) is 5.85. The van der Waals surface area contributed by atoms with Crippen molar-refractivity contribution in [3.63, 3.8) is 0 Å². The van der Waals surface area contributed by atoms with E-state index < -0.39 is 0 Å². The van der Waals surface area contributed by atoms with Gasteiger partial charge in [0.2, 0.25) is 0 Å². The first-order valence-electron chi connectivity index (χ1n) is 6.31. The number of carbonyl (C=O) groups excluding carboxylic acids is 1. The van der Waals surface area contributed by atoms with Gasteiger partial charge >= 0.3 is 5.97 Å². The number of hydrogen-bond acceptors (Lipinski definition) is 5. The second kappa shape index (κ2) is 7.64. The van der Waals surface area contributed by atoms with E-state index in [0.717, 1.165) is 10.8 Å². The van der Waals surface area contributed by atoms with E-state index in [1.54, 1.807) is 18.2 Å². The summed E-state index contributed by atoms with van der Waals surface area (Å²) >= 11 is 13.5. The predicted molar refractivity (Wildman–Crippen MR) is 86.5 cm³/mol. The fourth-order valence-corrected chi connectivity index (χ4v) is 2.90. The highest BCUT2D eigenvalue weighted by molar-refractivity contribution is 7.13. The number of carbonyl (C=O) groups is 1. The summed E-state index contributed by atoms with van der Waals surface area (Å²) in [6.45, 7) is 2.70. The Balaban J connectivity index is 1.75. The van der Waals surface area contributed by atoms with Crippen LogP contribution in [-0.2, 0) is 16.0 Å². The third kappa shape index (κ3) is 4.88. The Hall–Kier alpha value is -1.30. The van der Waals surface area contributed by atoms with Crippen LogP contribution in [0.1, 0.15) is 11.3 Å². The zero-order valence-corrected chi connectivity index (χ0v) is 13.7. The normalized spacial score (nSPS) is 10.4. The van der Waals surface area contributed by atoms with Crippen LogP contribution in [0.2, 0.25) is 10.0 Å². The van der Waals surface area contributed by atoms with Crippen LogP contribution in [0.3, 0.4) is 0 Å². The minimum absolute atomic E-state index is 0.0644. The van der Waals surface area contributed by atoms with Crippen molar-refractivity contribution in [2.24, 2.45) is 0 Å². The average Bonchev–Trinajstić information content (AvgIpc) is 2.85. The van der Waals surface area contributed by atoms with E-state index in [9.17, 15) is 4.79 Å². The lowest BCUT2D eigenvalue weighted by molar-refractivity contribution is -0.142. The van der Waals surface area contributed by atoms with Crippen molar-refractivity contribution in [3.05, 3.63) is 44.9 Å². The van der Waals surface area contributed by atoms with Crippen LogP contribution in [0.15, 0.2) is 23.6 Å². The minimum atomic E-state index is -0.359. The third-order valence-corrected chi connectivity index (χ3v) is 4.27. The van der Waals surface area contributed by atoms with Gasteiger partial charge in [0.05, 0.1) is 18.7 Å². The van der Waals surface area contributed by atoms with E-state index in [1.807, 2.05) is 12.3 Å². The summed E-state index contributed by atoms with van der Waals surface area (Å²) in [7, 11) is 0. The standard InChI is InChI=1S/C14H14Cl2N2O2S/c1-9-8-21-14(18-9)17-5-6-20-13(19)7-10-11(15)3-2-4-12(10)16/h2-4,8H,5-7H2,1H3,(H,17,18). The number of nitrogens with one attached hydrogen (secondary N) is 1. The van der Waals surface area contributed by atoms with Crippen LogP contribution in [0.4, 0.5) is 5.13 Å². The monoisotopic (exact) mass is 344 g/mol. The highest BCUT2D eigenvalue weighted by atomic mass is 35.5. The number of aryl methyl sites for hydroxylation is 1. The smallest absolute Gasteiger partial charge is 0.310 e. The second-order valence-electron chi connectivity index (χ2n) is 4.32. The number of benzene rings is 1. The van der Waals surface area contributed by atoms with Gasteiger partial charge in [-0.1, -0.05) is 29.3 Å². The molecule has 0 atom stereocenters. The Morgan fingerprint density at radius 3 is 2.71 bits per heavy atom. The molecule has 1 heterocycles. The Bertz CT molecular complexity index is 611. The van der Waals surface area contributed by atoms with Gasteiger partial charge in [-0.3, -0.25) is 4.79 Å². The van der Waals surface area contributed by atoms with Gasteiger partial charge < -0.3 is 10.1 Å². The van der Waals surface area contributed by atoms with Crippen molar-refractivity contribution in [1.29, 1.82) is 0 Å². The zero-order chi connectivity index (χ0) is 15.2. The van der Waals surface area contributed by atoms with Crippen molar-refractivity contribution in [1.82, 2.24) is 4.98 Å². The summed E-state index contributed by atoms with van der Waals surface area (Å²) in [4.78, 5) is 16.0. The Morgan fingerprint density at radius 2 is 2.10 bits per heavy atom. The number of nitrogens with zero attached hydrogens (tertiary/aromatic N) is 1. The molecule has 0 aliphatic carbocycles. The molecule has 4 nitrogen and oxygen atoms in total. The fraction of sp³-hybridized carbons (Fsp3) is 0.286. The molecule has 2 rings (SSSR count). The van der Waals surface area contributed by atoms with Crippen LogP contribution in [0.25, 0.3) is 0 Å². The Labute approximate surface area is 137 Å².